The lowest BCUT2D eigenvalue weighted by Gasteiger charge is -2.35. The quantitative estimate of drug-likeness (QED) is 0.821. The van der Waals surface area contributed by atoms with E-state index in [-0.39, 0.29) is 5.41 Å². The predicted octanol–water partition coefficient (Wildman–Crippen LogP) is 3.25. The highest BCUT2D eigenvalue weighted by atomic mass is 79.9. The molecule has 0 aromatic heterocycles. The topological polar surface area (TPSA) is 56.5 Å². The third kappa shape index (κ3) is 1.82. The Bertz CT molecular complexity index is 803. The monoisotopic (exact) mass is 358 g/mol. The number of benzene rings is 2. The molecule has 0 fully saturated rings. The van der Waals surface area contributed by atoms with Gasteiger partial charge >= 0.3 is 0 Å². The number of hydrogen-bond acceptors (Lipinski definition) is 4. The van der Waals surface area contributed by atoms with Crippen molar-refractivity contribution in [2.24, 2.45) is 5.73 Å². The number of fused-ring (bicyclic) bond motifs is 4. The van der Waals surface area contributed by atoms with Gasteiger partial charge in [0.15, 0.2) is 0 Å². The van der Waals surface area contributed by atoms with Gasteiger partial charge < -0.3 is 20.5 Å². The van der Waals surface area contributed by atoms with Gasteiger partial charge in [-0.25, -0.2) is 0 Å². The van der Waals surface area contributed by atoms with Crippen LogP contribution in [0.4, 0.5) is 0 Å². The average Bonchev–Trinajstić information content (AvgIpc) is 2.91. The maximum absolute atomic E-state index is 6.08. The number of methoxy groups -OCH3 is 1. The molecule has 1 spiro atoms. The highest BCUT2D eigenvalue weighted by Crippen LogP contribution is 2.51. The molecule has 0 saturated heterocycles. The zero-order valence-electron chi connectivity index (χ0n) is 12.0. The molecule has 2 heterocycles. The van der Waals surface area contributed by atoms with Crippen LogP contribution in [0.3, 0.4) is 0 Å². The van der Waals surface area contributed by atoms with Crippen molar-refractivity contribution in [2.75, 3.05) is 13.7 Å². The van der Waals surface area contributed by atoms with Crippen LogP contribution in [-0.2, 0) is 5.41 Å². The molecular weight excluding hydrogens is 344 g/mol. The van der Waals surface area contributed by atoms with Crippen molar-refractivity contribution in [3.05, 3.63) is 63.9 Å². The summed E-state index contributed by atoms with van der Waals surface area (Å²) in [7, 11) is 1.67. The fraction of sp³-hybridized carbons (Fsp3) is 0.176. The van der Waals surface area contributed by atoms with Crippen molar-refractivity contribution in [3.63, 3.8) is 0 Å². The van der Waals surface area contributed by atoms with Gasteiger partial charge in [0.1, 0.15) is 17.2 Å². The van der Waals surface area contributed by atoms with Crippen molar-refractivity contribution in [3.8, 4) is 17.2 Å². The van der Waals surface area contributed by atoms with Crippen LogP contribution in [0.15, 0.2) is 52.8 Å². The lowest BCUT2D eigenvalue weighted by Crippen LogP contribution is -2.34. The molecule has 22 heavy (non-hydrogen) atoms. The van der Waals surface area contributed by atoms with E-state index >= 15 is 0 Å². The first kappa shape index (κ1) is 13.5. The van der Waals surface area contributed by atoms with Crippen LogP contribution in [-0.4, -0.2) is 13.7 Å². The number of hydrogen-bond donors (Lipinski definition) is 2. The van der Waals surface area contributed by atoms with Gasteiger partial charge in [0.2, 0.25) is 0 Å². The van der Waals surface area contributed by atoms with E-state index in [0.717, 1.165) is 32.8 Å². The first-order chi connectivity index (χ1) is 10.6. The van der Waals surface area contributed by atoms with E-state index in [4.69, 9.17) is 15.2 Å². The molecule has 0 saturated carbocycles. The number of halogens is 1. The minimum absolute atomic E-state index is 0.342. The van der Waals surface area contributed by atoms with E-state index in [0.29, 0.717) is 12.4 Å². The van der Waals surface area contributed by atoms with E-state index < -0.39 is 0 Å². The van der Waals surface area contributed by atoms with Crippen molar-refractivity contribution in [1.29, 1.82) is 0 Å². The summed E-state index contributed by atoms with van der Waals surface area (Å²) < 4.78 is 12.5. The van der Waals surface area contributed by atoms with Crippen LogP contribution in [0.5, 0.6) is 17.2 Å². The molecule has 3 N–H and O–H groups in total. The van der Waals surface area contributed by atoms with Gasteiger partial charge in [0.25, 0.3) is 0 Å². The predicted molar refractivity (Wildman–Crippen MR) is 88.3 cm³/mol. The standard InChI is InChI=1S/C17H15BrN2O2/c1-21-11-3-5-15-13(7-11)17(8-16(19)20-9-17)12-6-10(18)2-4-14(12)22-15/h2-8,20H,9,19H2,1H3/t17-/m0/s1. The van der Waals surface area contributed by atoms with E-state index in [1.54, 1.807) is 7.11 Å². The van der Waals surface area contributed by atoms with E-state index in [1.165, 1.54) is 0 Å². The summed E-state index contributed by atoms with van der Waals surface area (Å²) >= 11 is 3.55. The van der Waals surface area contributed by atoms with Gasteiger partial charge in [0, 0.05) is 22.1 Å². The van der Waals surface area contributed by atoms with E-state index in [1.807, 2.05) is 30.3 Å². The molecule has 112 valence electrons. The van der Waals surface area contributed by atoms with Gasteiger partial charge in [-0.2, -0.15) is 0 Å². The smallest absolute Gasteiger partial charge is 0.132 e. The molecule has 0 radical (unpaired) electrons. The minimum atomic E-state index is -0.342. The normalized spacial score (nSPS) is 21.5. The molecule has 5 heteroatoms. The summed E-state index contributed by atoms with van der Waals surface area (Å²) in [5, 5.41) is 3.25. The highest BCUT2D eigenvalue weighted by Gasteiger charge is 2.44. The Morgan fingerprint density at radius 1 is 1.18 bits per heavy atom. The van der Waals surface area contributed by atoms with Crippen LogP contribution < -0.4 is 20.5 Å². The van der Waals surface area contributed by atoms with Gasteiger partial charge in [0.05, 0.1) is 18.3 Å². The SMILES string of the molecule is COc1ccc2c(c1)[C@]1(C=C(N)NC1)c1cc(Br)ccc1O2. The van der Waals surface area contributed by atoms with Crippen molar-refractivity contribution >= 4 is 15.9 Å². The number of rotatable bonds is 1. The molecule has 0 amide bonds. The molecule has 4 nitrogen and oxygen atoms in total. The third-order valence-corrected chi connectivity index (χ3v) is 4.78. The second-order valence-corrected chi connectivity index (χ2v) is 6.44. The molecular formula is C17H15BrN2O2. The van der Waals surface area contributed by atoms with Gasteiger partial charge in [-0.3, -0.25) is 0 Å². The Kier molecular flexibility index (Phi) is 2.87. The van der Waals surface area contributed by atoms with Crippen molar-refractivity contribution in [2.45, 2.75) is 5.41 Å². The number of nitrogens with one attached hydrogen (secondary N) is 1. The summed E-state index contributed by atoms with van der Waals surface area (Å²) in [5.74, 6) is 3.18. The fourth-order valence-corrected chi connectivity index (χ4v) is 3.59. The lowest BCUT2D eigenvalue weighted by molar-refractivity contribution is 0.400. The van der Waals surface area contributed by atoms with Crippen LogP contribution in [0.25, 0.3) is 0 Å². The molecule has 1 atom stereocenters. The molecule has 4 rings (SSSR count). The summed E-state index contributed by atoms with van der Waals surface area (Å²) in [6.45, 7) is 0.700. The van der Waals surface area contributed by atoms with Crippen LogP contribution in [0, 0.1) is 0 Å². The molecule has 2 aliphatic heterocycles. The Labute approximate surface area is 137 Å². The molecule has 0 bridgehead atoms. The second-order valence-electron chi connectivity index (χ2n) is 5.53. The van der Waals surface area contributed by atoms with Crippen LogP contribution in [0.2, 0.25) is 0 Å². The fourth-order valence-electron chi connectivity index (χ4n) is 3.23. The maximum Gasteiger partial charge on any atom is 0.132 e. The zero-order valence-corrected chi connectivity index (χ0v) is 13.6. The first-order valence-corrected chi connectivity index (χ1v) is 7.80. The maximum atomic E-state index is 6.08. The molecule has 2 aromatic carbocycles. The molecule has 2 aromatic rings. The van der Waals surface area contributed by atoms with Gasteiger partial charge in [-0.1, -0.05) is 15.9 Å². The Hall–Kier alpha value is -2.14. The Balaban J connectivity index is 2.02. The van der Waals surface area contributed by atoms with Crippen LogP contribution in [0.1, 0.15) is 11.1 Å². The van der Waals surface area contributed by atoms with Gasteiger partial charge in [-0.15, -0.1) is 0 Å². The van der Waals surface area contributed by atoms with E-state index in [9.17, 15) is 0 Å². The summed E-state index contributed by atoms with van der Waals surface area (Å²) in [5.41, 5.74) is 7.84. The summed E-state index contributed by atoms with van der Waals surface area (Å²) in [6.07, 6.45) is 2.07. The van der Waals surface area contributed by atoms with Crippen molar-refractivity contribution in [1.82, 2.24) is 5.32 Å². The molecule has 2 aliphatic rings. The minimum Gasteiger partial charge on any atom is -0.497 e. The zero-order chi connectivity index (χ0) is 15.3. The molecule has 0 aliphatic carbocycles. The van der Waals surface area contributed by atoms with E-state index in [2.05, 4.69) is 33.4 Å². The largest absolute Gasteiger partial charge is 0.497 e. The Morgan fingerprint density at radius 3 is 2.59 bits per heavy atom. The number of nitrogens with two attached hydrogens (primary N) is 1. The summed E-state index contributed by atoms with van der Waals surface area (Å²) in [6, 6.07) is 11.9. The lowest BCUT2D eigenvalue weighted by atomic mass is 9.73. The summed E-state index contributed by atoms with van der Waals surface area (Å²) in [4.78, 5) is 0. The Morgan fingerprint density at radius 2 is 1.91 bits per heavy atom. The highest BCUT2D eigenvalue weighted by molar-refractivity contribution is 9.10. The third-order valence-electron chi connectivity index (χ3n) is 4.28. The van der Waals surface area contributed by atoms with Gasteiger partial charge in [-0.05, 0) is 42.5 Å². The van der Waals surface area contributed by atoms with Crippen LogP contribution >= 0.6 is 15.9 Å². The van der Waals surface area contributed by atoms with Crippen molar-refractivity contribution < 1.29 is 9.47 Å². The number of ether oxygens (including phenoxy) is 2. The molecule has 0 unspecified atom stereocenters. The first-order valence-electron chi connectivity index (χ1n) is 7.01. The second kappa shape index (κ2) is 4.68. The average molecular weight is 359 g/mol.